The van der Waals surface area contributed by atoms with Crippen molar-refractivity contribution < 1.29 is 43.5 Å². The van der Waals surface area contributed by atoms with Crippen molar-refractivity contribution in [2.24, 2.45) is 28.6 Å². The number of methoxy groups -OCH3 is 1. The van der Waals surface area contributed by atoms with E-state index in [0.717, 1.165) is 56.1 Å². The number of aliphatic hydroxyl groups excluding tert-OH is 1. The van der Waals surface area contributed by atoms with Gasteiger partial charge in [-0.05, 0) is 87.0 Å². The Morgan fingerprint density at radius 1 is 1.10 bits per heavy atom. The summed E-state index contributed by atoms with van der Waals surface area (Å²) in [5.41, 5.74) is 0.936. The molecule has 0 radical (unpaired) electrons. The van der Waals surface area contributed by atoms with E-state index in [4.69, 9.17) is 23.7 Å². The molecule has 6 aliphatic rings. The number of carbonyl (C=O) groups excluding carboxylic acids is 2. The lowest BCUT2D eigenvalue weighted by Crippen LogP contribution is -2.62. The van der Waals surface area contributed by atoms with E-state index in [-0.39, 0.29) is 28.8 Å². The highest BCUT2D eigenvalue weighted by Gasteiger charge is 2.66. The molecule has 9 nitrogen and oxygen atoms in total. The van der Waals surface area contributed by atoms with Crippen molar-refractivity contribution in [3.8, 4) is 0 Å². The Kier molecular flexibility index (Phi) is 7.46. The van der Waals surface area contributed by atoms with Crippen molar-refractivity contribution >= 4 is 11.9 Å². The molecule has 6 rings (SSSR count). The van der Waals surface area contributed by atoms with Gasteiger partial charge in [0.05, 0.1) is 17.8 Å². The van der Waals surface area contributed by atoms with Crippen LogP contribution in [0, 0.1) is 28.6 Å². The van der Waals surface area contributed by atoms with Gasteiger partial charge in [-0.3, -0.25) is 4.79 Å². The lowest BCUT2D eigenvalue weighted by molar-refractivity contribution is -0.315. The van der Waals surface area contributed by atoms with E-state index in [2.05, 4.69) is 19.9 Å². The average Bonchev–Trinajstić information content (AvgIpc) is 3.46. The van der Waals surface area contributed by atoms with Crippen molar-refractivity contribution in [2.45, 2.75) is 121 Å². The van der Waals surface area contributed by atoms with E-state index in [1.54, 1.807) is 13.0 Å². The Morgan fingerprint density at radius 2 is 1.88 bits per heavy atom. The summed E-state index contributed by atoms with van der Waals surface area (Å²) in [6.45, 7) is 8.03. The molecule has 0 aromatic rings. The zero-order valence-corrected chi connectivity index (χ0v) is 25.0. The van der Waals surface area contributed by atoms with Gasteiger partial charge >= 0.3 is 11.9 Å². The van der Waals surface area contributed by atoms with E-state index in [1.165, 1.54) is 14.0 Å². The number of esters is 2. The molecule has 0 unspecified atom stereocenters. The lowest BCUT2D eigenvalue weighted by Gasteiger charge is -2.63. The number of fused-ring (bicyclic) bond motifs is 5. The third-order valence-electron chi connectivity index (χ3n) is 12.0. The van der Waals surface area contributed by atoms with E-state index >= 15 is 0 Å². The van der Waals surface area contributed by atoms with Crippen LogP contribution >= 0.6 is 0 Å². The van der Waals surface area contributed by atoms with Gasteiger partial charge in [-0.15, -0.1) is 0 Å². The predicted molar refractivity (Wildman–Crippen MR) is 147 cm³/mol. The third kappa shape index (κ3) is 4.53. The van der Waals surface area contributed by atoms with Gasteiger partial charge in [0.15, 0.2) is 12.4 Å². The molecule has 3 saturated carbocycles. The van der Waals surface area contributed by atoms with Crippen LogP contribution in [0.25, 0.3) is 0 Å². The van der Waals surface area contributed by atoms with E-state index in [0.29, 0.717) is 24.9 Å². The van der Waals surface area contributed by atoms with Crippen LogP contribution in [0.15, 0.2) is 23.3 Å². The van der Waals surface area contributed by atoms with Crippen LogP contribution in [0.4, 0.5) is 0 Å². The predicted octanol–water partition coefficient (Wildman–Crippen LogP) is 3.60. The lowest BCUT2D eigenvalue weighted by atomic mass is 9.43. The van der Waals surface area contributed by atoms with Gasteiger partial charge in [-0.25, -0.2) is 4.79 Å². The monoisotopic (exact) mass is 574 g/mol. The SMILES string of the molecule is CO[C@@H]1[C@@H](O)[C@H](C)O[C@@H](O[C@@H]2CC[C@@]3(C)[C@@H](CC[C@@H]4[C@@H]3CC[C@]3(C)C(C5=CC(=O)OC5)=CC[C@@]43O)C2)[C@@H]1OC(C)=O. The van der Waals surface area contributed by atoms with Crippen LogP contribution in [0.3, 0.4) is 0 Å². The van der Waals surface area contributed by atoms with Crippen molar-refractivity contribution in [3.63, 3.8) is 0 Å². The standard InChI is InChI=1S/C32H46O9/c1-17-26(35)27(37-5)28(40-18(2)33)29(39-17)41-21-8-11-30(3)20(15-21)6-7-24-23(30)9-12-31(4)22(10-13-32(24,31)36)19-14-25(34)38-16-19/h10,14,17,20-21,23-24,26-29,35-36H,6-9,11-13,15-16H2,1-5H3/t17-,20-,21+,23-,24+,26-,27+,28+,29-,30-,31+,32+/m0/s1. The van der Waals surface area contributed by atoms with Gasteiger partial charge in [0, 0.05) is 31.1 Å². The quantitative estimate of drug-likeness (QED) is 0.375. The molecule has 0 aromatic carbocycles. The molecule has 9 heteroatoms. The molecule has 2 N–H and O–H groups in total. The smallest absolute Gasteiger partial charge is 0.331 e. The first-order valence-electron chi connectivity index (χ1n) is 15.4. The van der Waals surface area contributed by atoms with Gasteiger partial charge in [0.25, 0.3) is 0 Å². The normalized spacial score (nSPS) is 49.2. The van der Waals surface area contributed by atoms with E-state index in [1.807, 2.05) is 0 Å². The Hall–Kier alpha value is -1.78. The third-order valence-corrected chi connectivity index (χ3v) is 12.0. The van der Waals surface area contributed by atoms with Gasteiger partial charge in [0.1, 0.15) is 18.8 Å². The first kappa shape index (κ1) is 29.3. The maximum atomic E-state index is 12.4. The van der Waals surface area contributed by atoms with Gasteiger partial charge in [-0.2, -0.15) is 0 Å². The highest BCUT2D eigenvalue weighted by atomic mass is 16.7. The van der Waals surface area contributed by atoms with Gasteiger partial charge in [0.2, 0.25) is 0 Å². The summed E-state index contributed by atoms with van der Waals surface area (Å²) < 4.78 is 28.8. The second-order valence-electron chi connectivity index (χ2n) is 13.9. The summed E-state index contributed by atoms with van der Waals surface area (Å²) in [6.07, 6.45) is 7.13. The minimum absolute atomic E-state index is 0.0591. The first-order valence-corrected chi connectivity index (χ1v) is 15.4. The van der Waals surface area contributed by atoms with Crippen LogP contribution in [0.1, 0.15) is 79.1 Å². The minimum Gasteiger partial charge on any atom is -0.458 e. The number of cyclic esters (lactones) is 1. The average molecular weight is 575 g/mol. The molecule has 1 saturated heterocycles. The molecule has 0 bridgehead atoms. The zero-order valence-electron chi connectivity index (χ0n) is 25.0. The zero-order chi connectivity index (χ0) is 29.3. The molecule has 12 atom stereocenters. The van der Waals surface area contributed by atoms with Crippen molar-refractivity contribution in [2.75, 3.05) is 13.7 Å². The summed E-state index contributed by atoms with van der Waals surface area (Å²) in [5.74, 6) is 0.302. The largest absolute Gasteiger partial charge is 0.458 e. The molecule has 2 aliphatic heterocycles. The van der Waals surface area contributed by atoms with Crippen molar-refractivity contribution in [1.29, 1.82) is 0 Å². The fraction of sp³-hybridized carbons (Fsp3) is 0.812. The van der Waals surface area contributed by atoms with Gasteiger partial charge < -0.3 is 33.9 Å². The Morgan fingerprint density at radius 3 is 2.56 bits per heavy atom. The maximum Gasteiger partial charge on any atom is 0.331 e. The molecular formula is C32H46O9. The number of hydrogen-bond acceptors (Lipinski definition) is 9. The molecular weight excluding hydrogens is 528 g/mol. The molecule has 2 heterocycles. The van der Waals surface area contributed by atoms with E-state index < -0.39 is 42.3 Å². The van der Waals surface area contributed by atoms with Crippen molar-refractivity contribution in [1.82, 2.24) is 0 Å². The minimum atomic E-state index is -0.930. The fourth-order valence-corrected chi connectivity index (χ4v) is 9.77. The molecule has 0 spiro atoms. The molecule has 4 aliphatic carbocycles. The fourth-order valence-electron chi connectivity index (χ4n) is 9.77. The summed E-state index contributed by atoms with van der Waals surface area (Å²) >= 11 is 0. The van der Waals surface area contributed by atoms with Crippen molar-refractivity contribution in [3.05, 3.63) is 23.3 Å². The number of rotatable bonds is 5. The molecule has 0 amide bonds. The number of carbonyl (C=O) groups is 2. The van der Waals surface area contributed by atoms with Crippen LogP contribution < -0.4 is 0 Å². The van der Waals surface area contributed by atoms with E-state index in [9.17, 15) is 19.8 Å². The number of ether oxygens (including phenoxy) is 5. The Balaban J connectivity index is 1.16. The topological polar surface area (TPSA) is 121 Å². The summed E-state index contributed by atoms with van der Waals surface area (Å²) in [4.78, 5) is 23.7. The Labute approximate surface area is 242 Å². The molecule has 228 valence electrons. The molecule has 41 heavy (non-hydrogen) atoms. The van der Waals surface area contributed by atoms with Crippen LogP contribution in [0.2, 0.25) is 0 Å². The molecule has 0 aromatic heterocycles. The summed E-state index contributed by atoms with van der Waals surface area (Å²) in [6, 6.07) is 0. The maximum absolute atomic E-state index is 12.4. The highest BCUT2D eigenvalue weighted by molar-refractivity contribution is 5.86. The number of hydrogen-bond donors (Lipinski definition) is 2. The first-order chi connectivity index (χ1) is 19.4. The molecule has 4 fully saturated rings. The second kappa shape index (κ2) is 10.4. The Bertz CT molecular complexity index is 1130. The second-order valence-corrected chi connectivity index (χ2v) is 13.9. The van der Waals surface area contributed by atoms with Crippen LogP contribution in [0.5, 0.6) is 0 Å². The van der Waals surface area contributed by atoms with Crippen LogP contribution in [-0.2, 0) is 33.3 Å². The summed E-state index contributed by atoms with van der Waals surface area (Å²) in [5, 5.41) is 23.0. The highest BCUT2D eigenvalue weighted by Crippen LogP contribution is 2.68. The van der Waals surface area contributed by atoms with Gasteiger partial charge in [-0.1, -0.05) is 19.9 Å². The summed E-state index contributed by atoms with van der Waals surface area (Å²) in [7, 11) is 1.49. The number of aliphatic hydroxyl groups is 2. The van der Waals surface area contributed by atoms with Crippen LogP contribution in [-0.4, -0.2) is 78.3 Å².